The number of carbonyl (C=O) groups is 3. The number of phosphoric ester groups is 1. The topological polar surface area (TPSA) is 191 Å². The molecule has 12 heteroatoms. The molecule has 168 valence electrons. The maximum Gasteiger partial charge on any atom is 0.587 e. The quantitative estimate of drug-likeness (QED) is 0.300. The predicted molar refractivity (Wildman–Crippen MR) is 107 cm³/mol. The van der Waals surface area contributed by atoms with Gasteiger partial charge in [-0.05, 0) is 43.4 Å². The van der Waals surface area contributed by atoms with Crippen LogP contribution < -0.4 is 21.3 Å². The molecule has 0 radical (unpaired) electrons. The highest BCUT2D eigenvalue weighted by atomic mass is 31.2. The number of hydrogen-bond acceptors (Lipinski definition) is 8. The highest BCUT2D eigenvalue weighted by molar-refractivity contribution is 7.48. The molecule has 1 unspecified atom stereocenters. The lowest BCUT2D eigenvalue weighted by Gasteiger charge is -2.19. The largest absolute Gasteiger partial charge is 0.587 e. The normalized spacial score (nSPS) is 16.1. The second-order valence-electron chi connectivity index (χ2n) is 7.24. The van der Waals surface area contributed by atoms with Gasteiger partial charge in [0.1, 0.15) is 17.8 Å². The number of carbonyl (C=O) groups excluding carboxylic acids is 2. The number of nitrogens with two attached hydrogens (primary N) is 2. The average molecular weight is 445 g/mol. The molecule has 0 heterocycles. The molecular formula is C18H28N3O8P. The van der Waals surface area contributed by atoms with E-state index in [9.17, 15) is 28.9 Å². The second kappa shape index (κ2) is 11.1. The molecule has 0 aliphatic heterocycles. The van der Waals surface area contributed by atoms with Gasteiger partial charge in [0.15, 0.2) is 0 Å². The molecule has 0 saturated heterocycles. The molecule has 1 rings (SSSR count). The van der Waals surface area contributed by atoms with E-state index in [1.54, 1.807) is 0 Å². The third-order valence-electron chi connectivity index (χ3n) is 3.84. The zero-order valence-electron chi connectivity index (χ0n) is 17.0. The molecule has 0 aliphatic carbocycles. The van der Waals surface area contributed by atoms with E-state index in [0.29, 0.717) is 5.56 Å². The lowest BCUT2D eigenvalue weighted by Crippen LogP contribution is -2.49. The SMILES string of the molecule is CC(C)C[C@H](NC(=O)[C@@H](N)Cc1ccc(OP(=O)(O)OC(=O)[C@H](C)N)cc1)C(=O)O. The third-order valence-corrected chi connectivity index (χ3v) is 4.69. The minimum absolute atomic E-state index is 0.0528. The van der Waals surface area contributed by atoms with Gasteiger partial charge in [0.05, 0.1) is 6.04 Å². The summed E-state index contributed by atoms with van der Waals surface area (Å²) in [4.78, 5) is 44.4. The Morgan fingerprint density at radius 3 is 2.17 bits per heavy atom. The standard InChI is InChI=1S/C18H28N3O8P/c1-10(2)8-15(17(23)24)21-16(22)14(20)9-12-4-6-13(7-5-12)28-30(26,27)29-18(25)11(3)19/h4-7,10-11,14-15H,8-9,19-20H2,1-3H3,(H,21,22)(H,23,24)(H,26,27)/t11-,14-,15-/m0/s1. The van der Waals surface area contributed by atoms with Gasteiger partial charge in [-0.2, -0.15) is 0 Å². The lowest BCUT2D eigenvalue weighted by molar-refractivity contribution is -0.142. The van der Waals surface area contributed by atoms with Gasteiger partial charge < -0.3 is 30.9 Å². The van der Waals surface area contributed by atoms with Crippen molar-refractivity contribution >= 4 is 25.7 Å². The first-order valence-electron chi connectivity index (χ1n) is 9.20. The smallest absolute Gasteiger partial charge is 0.480 e. The fourth-order valence-corrected chi connectivity index (χ4v) is 3.17. The van der Waals surface area contributed by atoms with Crippen molar-refractivity contribution in [1.29, 1.82) is 0 Å². The first-order chi connectivity index (χ1) is 13.8. The van der Waals surface area contributed by atoms with Crippen LogP contribution in [0.2, 0.25) is 0 Å². The van der Waals surface area contributed by atoms with Gasteiger partial charge in [-0.25, -0.2) is 14.2 Å². The fraction of sp³-hybridized carbons (Fsp3) is 0.500. The number of rotatable bonds is 11. The lowest BCUT2D eigenvalue weighted by atomic mass is 10.0. The summed E-state index contributed by atoms with van der Waals surface area (Å²) < 4.78 is 20.9. The van der Waals surface area contributed by atoms with Crippen LogP contribution in [0.4, 0.5) is 0 Å². The molecule has 11 nitrogen and oxygen atoms in total. The summed E-state index contributed by atoms with van der Waals surface area (Å²) in [6.07, 6.45) is 0.366. The second-order valence-corrected chi connectivity index (χ2v) is 8.54. The average Bonchev–Trinajstić information content (AvgIpc) is 2.61. The van der Waals surface area contributed by atoms with E-state index in [1.165, 1.54) is 31.2 Å². The van der Waals surface area contributed by atoms with Crippen LogP contribution in [0.5, 0.6) is 5.75 Å². The number of aliphatic carboxylic acids is 1. The molecule has 0 fully saturated rings. The van der Waals surface area contributed by atoms with Crippen LogP contribution in [0.3, 0.4) is 0 Å². The number of nitrogens with one attached hydrogen (secondary N) is 1. The van der Waals surface area contributed by atoms with Crippen molar-refractivity contribution in [3.05, 3.63) is 29.8 Å². The van der Waals surface area contributed by atoms with Crippen molar-refractivity contribution in [2.45, 2.75) is 51.7 Å². The van der Waals surface area contributed by atoms with Crippen LogP contribution in [0.1, 0.15) is 32.8 Å². The Kier molecular flexibility index (Phi) is 9.44. The van der Waals surface area contributed by atoms with Gasteiger partial charge in [0.2, 0.25) is 5.91 Å². The van der Waals surface area contributed by atoms with Crippen molar-refractivity contribution in [2.75, 3.05) is 0 Å². The van der Waals surface area contributed by atoms with Crippen molar-refractivity contribution in [2.24, 2.45) is 17.4 Å². The highest BCUT2D eigenvalue weighted by Gasteiger charge is 2.29. The summed E-state index contributed by atoms with van der Waals surface area (Å²) in [5.41, 5.74) is 11.7. The van der Waals surface area contributed by atoms with E-state index in [2.05, 4.69) is 9.84 Å². The molecule has 1 aromatic carbocycles. The molecule has 0 aromatic heterocycles. The molecule has 0 bridgehead atoms. The minimum Gasteiger partial charge on any atom is -0.480 e. The van der Waals surface area contributed by atoms with Gasteiger partial charge in [-0.1, -0.05) is 26.0 Å². The van der Waals surface area contributed by atoms with Crippen molar-refractivity contribution in [3.8, 4) is 5.75 Å². The van der Waals surface area contributed by atoms with Crippen LogP contribution >= 0.6 is 7.82 Å². The Hall–Kier alpha value is -2.46. The summed E-state index contributed by atoms with van der Waals surface area (Å²) >= 11 is 0. The van der Waals surface area contributed by atoms with E-state index >= 15 is 0 Å². The number of amides is 1. The maximum atomic E-state index is 12.2. The van der Waals surface area contributed by atoms with Gasteiger partial charge in [0, 0.05) is 0 Å². The van der Waals surface area contributed by atoms with Crippen LogP contribution in [0.15, 0.2) is 24.3 Å². The predicted octanol–water partition coefficient (Wildman–Crippen LogP) is 0.542. The van der Waals surface area contributed by atoms with Gasteiger partial charge in [-0.3, -0.25) is 9.69 Å². The monoisotopic (exact) mass is 445 g/mol. The minimum atomic E-state index is -4.69. The molecule has 30 heavy (non-hydrogen) atoms. The first-order valence-corrected chi connectivity index (χ1v) is 10.7. The van der Waals surface area contributed by atoms with Crippen molar-refractivity contribution < 1.29 is 38.0 Å². The Balaban J connectivity index is 2.68. The highest BCUT2D eigenvalue weighted by Crippen LogP contribution is 2.44. The molecule has 1 amide bonds. The zero-order valence-corrected chi connectivity index (χ0v) is 17.9. The Bertz CT molecular complexity index is 797. The van der Waals surface area contributed by atoms with E-state index in [0.717, 1.165) is 0 Å². The van der Waals surface area contributed by atoms with E-state index in [4.69, 9.17) is 16.0 Å². The molecule has 0 spiro atoms. The fourth-order valence-electron chi connectivity index (χ4n) is 2.35. The molecule has 0 saturated carbocycles. The summed E-state index contributed by atoms with van der Waals surface area (Å²) in [5.74, 6) is -2.81. The van der Waals surface area contributed by atoms with Gasteiger partial charge in [0.25, 0.3) is 0 Å². The van der Waals surface area contributed by atoms with Crippen LogP contribution in [-0.4, -0.2) is 46.0 Å². The van der Waals surface area contributed by atoms with Crippen LogP contribution in [0, 0.1) is 5.92 Å². The maximum absolute atomic E-state index is 12.2. The Morgan fingerprint density at radius 2 is 1.70 bits per heavy atom. The molecule has 1 aromatic rings. The summed E-state index contributed by atoms with van der Waals surface area (Å²) in [6, 6.07) is 2.55. The molecule has 4 atom stereocenters. The molecular weight excluding hydrogens is 417 g/mol. The summed E-state index contributed by atoms with van der Waals surface area (Å²) in [6.45, 7) is 4.97. The summed E-state index contributed by atoms with van der Waals surface area (Å²) in [7, 11) is -4.69. The number of hydrogen-bond donors (Lipinski definition) is 5. The van der Waals surface area contributed by atoms with Crippen molar-refractivity contribution in [3.63, 3.8) is 0 Å². The number of phosphoric acid groups is 1. The number of carboxylic acid groups (broad SMARTS) is 1. The van der Waals surface area contributed by atoms with E-state index < -0.39 is 43.8 Å². The molecule has 7 N–H and O–H groups in total. The van der Waals surface area contributed by atoms with Gasteiger partial charge >= 0.3 is 19.8 Å². The Morgan fingerprint density at radius 1 is 1.13 bits per heavy atom. The van der Waals surface area contributed by atoms with Crippen LogP contribution in [0.25, 0.3) is 0 Å². The van der Waals surface area contributed by atoms with Crippen molar-refractivity contribution in [1.82, 2.24) is 5.32 Å². The number of carboxylic acids is 1. The van der Waals surface area contributed by atoms with Crippen LogP contribution in [-0.2, 0) is 29.9 Å². The third kappa shape index (κ3) is 8.91. The summed E-state index contributed by atoms with van der Waals surface area (Å²) in [5, 5.41) is 11.6. The van der Waals surface area contributed by atoms with E-state index in [1.807, 2.05) is 13.8 Å². The molecule has 0 aliphatic rings. The van der Waals surface area contributed by atoms with E-state index in [-0.39, 0.29) is 24.5 Å². The Labute approximate surface area is 174 Å². The van der Waals surface area contributed by atoms with Gasteiger partial charge in [-0.15, -0.1) is 0 Å². The zero-order chi connectivity index (χ0) is 23.1. The number of benzene rings is 1. The first kappa shape index (κ1) is 25.6.